The summed E-state index contributed by atoms with van der Waals surface area (Å²) >= 11 is 0. The summed E-state index contributed by atoms with van der Waals surface area (Å²) in [5, 5.41) is 11.9. The van der Waals surface area contributed by atoms with E-state index in [0.717, 1.165) is 44.1 Å². The number of hydrogen-bond acceptors (Lipinski definition) is 5. The summed E-state index contributed by atoms with van der Waals surface area (Å²) in [6, 6.07) is 0. The second-order valence-electron chi connectivity index (χ2n) is 20.7. The molecule has 0 bridgehead atoms. The van der Waals surface area contributed by atoms with Crippen LogP contribution in [0.1, 0.15) is 133 Å². The van der Waals surface area contributed by atoms with E-state index in [-0.39, 0.29) is 45.1 Å². The Morgan fingerprint density at radius 3 is 2.10 bits per heavy atom. The number of fused-ring (bicyclic) bond motifs is 1. The summed E-state index contributed by atoms with van der Waals surface area (Å²) < 4.78 is 26.4. The molecule has 7 atom stereocenters. The average Bonchev–Trinajstić information content (AvgIpc) is 3.54. The van der Waals surface area contributed by atoms with E-state index in [1.807, 2.05) is 0 Å². The largest absolute Gasteiger partial charge is 0.413 e. The van der Waals surface area contributed by atoms with E-state index in [9.17, 15) is 5.11 Å². The summed E-state index contributed by atoms with van der Waals surface area (Å²) in [5.41, 5.74) is 4.41. The predicted octanol–water partition coefficient (Wildman–Crippen LogP) is 11.5. The van der Waals surface area contributed by atoms with Crippen LogP contribution in [0, 0.1) is 28.6 Å². The second-order valence-corrected chi connectivity index (χ2v) is 30.3. The maximum atomic E-state index is 11.6. The zero-order valence-corrected chi connectivity index (χ0v) is 36.6. The van der Waals surface area contributed by atoms with Gasteiger partial charge < -0.3 is 23.4 Å². The molecule has 5 rings (SSSR count). The first-order chi connectivity index (χ1) is 23.0. The normalized spacial score (nSPS) is 34.6. The Kier molecular flexibility index (Phi) is 11.6. The van der Waals surface area contributed by atoms with Crippen molar-refractivity contribution in [2.75, 3.05) is 13.2 Å². The van der Waals surface area contributed by atoms with Crippen LogP contribution in [0.25, 0.3) is 0 Å². The Labute approximate surface area is 309 Å². The molecule has 7 heteroatoms. The minimum atomic E-state index is -2.00. The van der Waals surface area contributed by atoms with Crippen LogP contribution in [0.3, 0.4) is 0 Å². The molecule has 50 heavy (non-hydrogen) atoms. The standard InChI is InChI=1S/C43H76O5Si2/c1-30-33(28-34(47-49(11,12)39(3,4)5)29-38(30)48-50(13,14)40(6,7)8)18-17-32-16-15-22-41(9)35(19-20-36(32)41)31(2)37(44)21-23-43(24-25-43)42(10)45-26-27-46-42/h17-18,31,34-38,44H,1,15-16,19-29H2,2-14H3/t31-,34+,35+,36-,37-,38-,41+/m0/s1. The second kappa shape index (κ2) is 14.3. The SMILES string of the molecule is C=C1C(=CC=C2CCC[C@]3(C)[C@@H]([C@H](C)[C@@H](O)CCC4(C5(C)OCCO5)CC4)CC[C@@H]23)C[C@@H](O[Si](C)(C)C(C)(C)C)C[C@@H]1O[Si](C)(C)C(C)(C)C. The number of ether oxygens (including phenoxy) is 2. The molecule has 1 aliphatic heterocycles. The van der Waals surface area contributed by atoms with Gasteiger partial charge in [-0.15, -0.1) is 0 Å². The molecule has 1 saturated heterocycles. The number of aliphatic hydroxyl groups is 1. The topological polar surface area (TPSA) is 57.2 Å². The smallest absolute Gasteiger partial charge is 0.192 e. The van der Waals surface area contributed by atoms with E-state index in [2.05, 4.69) is 101 Å². The van der Waals surface area contributed by atoms with Gasteiger partial charge in [-0.25, -0.2) is 0 Å². The van der Waals surface area contributed by atoms with Crippen molar-refractivity contribution in [2.45, 2.75) is 193 Å². The van der Waals surface area contributed by atoms with Gasteiger partial charge in [0.25, 0.3) is 0 Å². The van der Waals surface area contributed by atoms with E-state index in [1.165, 1.54) is 37.7 Å². The van der Waals surface area contributed by atoms with Crippen LogP contribution in [0.15, 0.2) is 35.5 Å². The van der Waals surface area contributed by atoms with Crippen LogP contribution in [0.4, 0.5) is 0 Å². The molecule has 0 radical (unpaired) electrons. The number of hydrogen-bond donors (Lipinski definition) is 1. The van der Waals surface area contributed by atoms with Crippen LogP contribution in [0.2, 0.25) is 36.3 Å². The Morgan fingerprint density at radius 1 is 0.920 bits per heavy atom. The van der Waals surface area contributed by atoms with Crippen LogP contribution in [-0.4, -0.2) is 59.1 Å². The summed E-state index contributed by atoms with van der Waals surface area (Å²) in [4.78, 5) is 0. The Bertz CT molecular complexity index is 1290. The monoisotopic (exact) mass is 729 g/mol. The Hall–Kier alpha value is -0.546. The molecule has 0 aromatic rings. The van der Waals surface area contributed by atoms with Gasteiger partial charge in [-0.3, -0.25) is 0 Å². The van der Waals surface area contributed by atoms with Crippen molar-refractivity contribution in [2.24, 2.45) is 28.6 Å². The van der Waals surface area contributed by atoms with Crippen LogP contribution < -0.4 is 0 Å². The van der Waals surface area contributed by atoms with E-state index >= 15 is 0 Å². The van der Waals surface area contributed by atoms with Gasteiger partial charge in [0.05, 0.1) is 31.5 Å². The highest BCUT2D eigenvalue weighted by atomic mass is 28.4. The van der Waals surface area contributed by atoms with Gasteiger partial charge in [-0.1, -0.05) is 79.7 Å². The van der Waals surface area contributed by atoms with Crippen LogP contribution in [0.5, 0.6) is 0 Å². The Morgan fingerprint density at radius 2 is 1.52 bits per heavy atom. The van der Waals surface area contributed by atoms with E-state index in [0.29, 0.717) is 25.0 Å². The summed E-state index contributed by atoms with van der Waals surface area (Å²) in [5.74, 6) is 0.946. The van der Waals surface area contributed by atoms with Crippen molar-refractivity contribution in [3.63, 3.8) is 0 Å². The minimum Gasteiger partial charge on any atom is -0.413 e. The fraction of sp³-hybridized carbons (Fsp3) is 0.860. The molecular weight excluding hydrogens is 653 g/mol. The van der Waals surface area contributed by atoms with Crippen molar-refractivity contribution in [1.82, 2.24) is 0 Å². The highest BCUT2D eigenvalue weighted by Crippen LogP contribution is 2.62. The predicted molar refractivity (Wildman–Crippen MR) is 213 cm³/mol. The van der Waals surface area contributed by atoms with Gasteiger partial charge in [0.1, 0.15) is 0 Å². The molecule has 0 amide bonds. The van der Waals surface area contributed by atoms with Crippen molar-refractivity contribution in [1.29, 1.82) is 0 Å². The van der Waals surface area contributed by atoms with Crippen molar-refractivity contribution < 1.29 is 23.4 Å². The van der Waals surface area contributed by atoms with Gasteiger partial charge in [0.15, 0.2) is 22.4 Å². The fourth-order valence-electron chi connectivity index (χ4n) is 9.77. The fourth-order valence-corrected chi connectivity index (χ4v) is 12.4. The molecule has 4 aliphatic carbocycles. The highest BCUT2D eigenvalue weighted by molar-refractivity contribution is 6.74. The Balaban J connectivity index is 1.32. The van der Waals surface area contributed by atoms with Crippen LogP contribution in [-0.2, 0) is 18.3 Å². The molecule has 286 valence electrons. The zero-order valence-electron chi connectivity index (χ0n) is 34.6. The zero-order chi connectivity index (χ0) is 37.1. The summed E-state index contributed by atoms with van der Waals surface area (Å²) in [6.45, 7) is 36.6. The molecule has 5 aliphatic rings. The van der Waals surface area contributed by atoms with Gasteiger partial charge >= 0.3 is 0 Å². The summed E-state index contributed by atoms with van der Waals surface area (Å²) in [7, 11) is -3.96. The van der Waals surface area contributed by atoms with Gasteiger partial charge in [0, 0.05) is 11.8 Å². The van der Waals surface area contributed by atoms with Gasteiger partial charge in [-0.2, -0.15) is 0 Å². The molecule has 5 nitrogen and oxygen atoms in total. The van der Waals surface area contributed by atoms with Crippen molar-refractivity contribution in [3.8, 4) is 0 Å². The third-order valence-corrected chi connectivity index (χ3v) is 24.6. The molecule has 0 aromatic heterocycles. The highest BCUT2D eigenvalue weighted by Gasteiger charge is 2.60. The summed E-state index contributed by atoms with van der Waals surface area (Å²) in [6.07, 6.45) is 16.8. The van der Waals surface area contributed by atoms with E-state index in [4.69, 9.17) is 24.9 Å². The lowest BCUT2D eigenvalue weighted by molar-refractivity contribution is -0.195. The maximum Gasteiger partial charge on any atom is 0.192 e. The van der Waals surface area contributed by atoms with Gasteiger partial charge in [0.2, 0.25) is 0 Å². The lowest BCUT2D eigenvalue weighted by Crippen LogP contribution is -2.49. The number of rotatable bonds is 11. The van der Waals surface area contributed by atoms with Crippen molar-refractivity contribution >= 4 is 16.6 Å². The minimum absolute atomic E-state index is 0.00281. The van der Waals surface area contributed by atoms with Crippen molar-refractivity contribution in [3.05, 3.63) is 35.5 Å². The molecule has 5 fully saturated rings. The molecule has 1 N–H and O–H groups in total. The average molecular weight is 729 g/mol. The first-order valence-corrected chi connectivity index (χ1v) is 26.2. The lowest BCUT2D eigenvalue weighted by atomic mass is 9.60. The molecular formula is C43H76O5Si2. The molecule has 1 heterocycles. The lowest BCUT2D eigenvalue weighted by Gasteiger charge is -2.46. The first kappa shape index (κ1) is 40.6. The molecule has 4 saturated carbocycles. The third-order valence-electron chi connectivity index (χ3n) is 15.6. The maximum absolute atomic E-state index is 11.6. The van der Waals surface area contributed by atoms with Crippen LogP contribution >= 0.6 is 0 Å². The number of aliphatic hydroxyl groups excluding tert-OH is 1. The third kappa shape index (κ3) is 7.96. The molecule has 0 spiro atoms. The van der Waals surface area contributed by atoms with E-state index < -0.39 is 22.4 Å². The van der Waals surface area contributed by atoms with Gasteiger partial charge in [-0.05, 0) is 142 Å². The first-order valence-electron chi connectivity index (χ1n) is 20.4. The van der Waals surface area contributed by atoms with E-state index in [1.54, 1.807) is 5.57 Å². The number of allylic oxidation sites excluding steroid dienone is 3. The molecule has 0 aromatic carbocycles. The molecule has 0 unspecified atom stereocenters. The quantitative estimate of drug-likeness (QED) is 0.215.